The molecule has 2 aromatic heterocycles. The first-order chi connectivity index (χ1) is 16.4. The first kappa shape index (κ1) is 24.2. The standard InChI is InChI=1S/C26H32ClN5O2/c1-2-5-19(18-9-11-20(27)12-10-18)15-29-26(34)23-7-3-8-24-30-22(17-32(23)24)14-25(33)31-13-4-6-21(28)16-31/h3,7-12,17,19,21H,2,4-6,13-16,28H2,1H3,(H,29,34)/t19?,21-/m1/s1. The number of likely N-dealkylation sites (tertiary alicyclic amines) is 1. The zero-order chi connectivity index (χ0) is 24.1. The van der Waals surface area contributed by atoms with Gasteiger partial charge in [0, 0.05) is 42.8 Å². The van der Waals surface area contributed by atoms with Gasteiger partial charge in [0.25, 0.3) is 5.91 Å². The molecule has 3 aromatic rings. The maximum absolute atomic E-state index is 13.1. The Bertz CT molecular complexity index is 1140. The van der Waals surface area contributed by atoms with Crippen LogP contribution in [0.25, 0.3) is 5.65 Å². The van der Waals surface area contributed by atoms with Gasteiger partial charge in [0.05, 0.1) is 12.1 Å². The molecule has 4 rings (SSSR count). The van der Waals surface area contributed by atoms with Crippen molar-refractivity contribution in [2.24, 2.45) is 5.73 Å². The van der Waals surface area contributed by atoms with Gasteiger partial charge in [0.2, 0.25) is 5.91 Å². The second-order valence-electron chi connectivity index (χ2n) is 9.04. The molecular formula is C26H32ClN5O2. The van der Waals surface area contributed by atoms with Gasteiger partial charge in [-0.3, -0.25) is 14.0 Å². The lowest BCUT2D eigenvalue weighted by molar-refractivity contribution is -0.131. The Morgan fingerprint density at radius 3 is 2.76 bits per heavy atom. The van der Waals surface area contributed by atoms with E-state index in [9.17, 15) is 9.59 Å². The zero-order valence-corrected chi connectivity index (χ0v) is 20.3. The molecule has 1 aliphatic heterocycles. The average molecular weight is 482 g/mol. The average Bonchev–Trinajstić information content (AvgIpc) is 3.24. The first-order valence-electron chi connectivity index (χ1n) is 12.0. The summed E-state index contributed by atoms with van der Waals surface area (Å²) in [7, 11) is 0. The van der Waals surface area contributed by atoms with Gasteiger partial charge in [-0.1, -0.05) is 43.1 Å². The summed E-state index contributed by atoms with van der Waals surface area (Å²) in [6.07, 6.45) is 5.84. The minimum absolute atomic E-state index is 0.0231. The number of imidazole rings is 1. The van der Waals surface area contributed by atoms with Crippen LogP contribution in [0.4, 0.5) is 0 Å². The first-order valence-corrected chi connectivity index (χ1v) is 12.4. The van der Waals surface area contributed by atoms with Crippen LogP contribution >= 0.6 is 11.6 Å². The number of halogens is 1. The third-order valence-electron chi connectivity index (χ3n) is 6.41. The quantitative estimate of drug-likeness (QED) is 0.512. The molecule has 3 heterocycles. The summed E-state index contributed by atoms with van der Waals surface area (Å²) >= 11 is 6.03. The molecule has 1 fully saturated rings. The number of nitrogens with one attached hydrogen (secondary N) is 1. The van der Waals surface area contributed by atoms with Crippen LogP contribution in [0.15, 0.2) is 48.7 Å². The van der Waals surface area contributed by atoms with E-state index >= 15 is 0 Å². The molecule has 180 valence electrons. The van der Waals surface area contributed by atoms with E-state index in [1.807, 2.05) is 41.3 Å². The minimum atomic E-state index is -0.169. The van der Waals surface area contributed by atoms with Gasteiger partial charge < -0.3 is 16.0 Å². The van der Waals surface area contributed by atoms with Crippen molar-refractivity contribution < 1.29 is 9.59 Å². The number of nitrogens with two attached hydrogens (primary N) is 1. The number of rotatable bonds is 8. The predicted octanol–water partition coefficient (Wildman–Crippen LogP) is 3.79. The van der Waals surface area contributed by atoms with Crippen molar-refractivity contribution in [1.82, 2.24) is 19.6 Å². The number of fused-ring (bicyclic) bond motifs is 1. The highest BCUT2D eigenvalue weighted by atomic mass is 35.5. The van der Waals surface area contributed by atoms with Crippen molar-refractivity contribution in [2.75, 3.05) is 19.6 Å². The van der Waals surface area contributed by atoms with Gasteiger partial charge in [-0.25, -0.2) is 4.98 Å². The van der Waals surface area contributed by atoms with Crippen molar-refractivity contribution >= 4 is 29.1 Å². The van der Waals surface area contributed by atoms with Crippen LogP contribution in [0.2, 0.25) is 5.02 Å². The summed E-state index contributed by atoms with van der Waals surface area (Å²) in [6.45, 7) is 3.99. The molecule has 0 bridgehead atoms. The Labute approximate surface area is 205 Å². The Balaban J connectivity index is 1.45. The number of carbonyl (C=O) groups excluding carboxylic acids is 2. The molecule has 1 aliphatic rings. The van der Waals surface area contributed by atoms with Crippen LogP contribution in [0.1, 0.15) is 60.3 Å². The number of pyridine rings is 1. The van der Waals surface area contributed by atoms with E-state index in [0.717, 1.165) is 37.8 Å². The maximum Gasteiger partial charge on any atom is 0.268 e. The summed E-state index contributed by atoms with van der Waals surface area (Å²) < 4.78 is 1.76. The number of aromatic nitrogens is 2. The van der Waals surface area contributed by atoms with Gasteiger partial charge in [-0.2, -0.15) is 0 Å². The van der Waals surface area contributed by atoms with Crippen LogP contribution in [0.5, 0.6) is 0 Å². The SMILES string of the molecule is CCCC(CNC(=O)c1cccc2nc(CC(=O)N3CCC[C@@H](N)C3)cn12)c1ccc(Cl)cc1. The van der Waals surface area contributed by atoms with Gasteiger partial charge in [-0.05, 0) is 49.1 Å². The molecule has 0 saturated carbocycles. The Hall–Kier alpha value is -2.90. The molecule has 3 N–H and O–H groups in total. The molecule has 8 heteroatoms. The molecular weight excluding hydrogens is 450 g/mol. The third-order valence-corrected chi connectivity index (χ3v) is 6.66. The zero-order valence-electron chi connectivity index (χ0n) is 19.5. The summed E-state index contributed by atoms with van der Waals surface area (Å²) in [6, 6.07) is 13.3. The third kappa shape index (κ3) is 5.77. The Kier molecular flexibility index (Phi) is 7.85. The Morgan fingerprint density at radius 2 is 2.03 bits per heavy atom. The van der Waals surface area contributed by atoms with E-state index < -0.39 is 0 Å². The highest BCUT2D eigenvalue weighted by Gasteiger charge is 2.22. The predicted molar refractivity (Wildman–Crippen MR) is 134 cm³/mol. The van der Waals surface area contributed by atoms with Crippen molar-refractivity contribution in [3.8, 4) is 0 Å². The van der Waals surface area contributed by atoms with Gasteiger partial charge in [0.15, 0.2) is 0 Å². The monoisotopic (exact) mass is 481 g/mol. The van der Waals surface area contributed by atoms with Crippen LogP contribution < -0.4 is 11.1 Å². The number of hydrogen-bond donors (Lipinski definition) is 2. The fourth-order valence-corrected chi connectivity index (χ4v) is 4.74. The maximum atomic E-state index is 13.1. The number of carbonyl (C=O) groups is 2. The molecule has 34 heavy (non-hydrogen) atoms. The number of piperidine rings is 1. The highest BCUT2D eigenvalue weighted by Crippen LogP contribution is 2.23. The van der Waals surface area contributed by atoms with E-state index in [1.165, 1.54) is 0 Å². The van der Waals surface area contributed by atoms with E-state index in [2.05, 4.69) is 17.2 Å². The van der Waals surface area contributed by atoms with Crippen LogP contribution in [0.3, 0.4) is 0 Å². The van der Waals surface area contributed by atoms with Crippen molar-refractivity contribution in [3.05, 3.63) is 70.6 Å². The van der Waals surface area contributed by atoms with E-state index in [4.69, 9.17) is 17.3 Å². The molecule has 1 saturated heterocycles. The van der Waals surface area contributed by atoms with Crippen molar-refractivity contribution in [1.29, 1.82) is 0 Å². The van der Waals surface area contributed by atoms with Gasteiger partial charge in [0.1, 0.15) is 11.3 Å². The molecule has 2 atom stereocenters. The fourth-order valence-electron chi connectivity index (χ4n) is 4.61. The van der Waals surface area contributed by atoms with E-state index in [-0.39, 0.29) is 30.2 Å². The van der Waals surface area contributed by atoms with Crippen LogP contribution in [-0.4, -0.2) is 51.8 Å². The second-order valence-corrected chi connectivity index (χ2v) is 9.47. The van der Waals surface area contributed by atoms with E-state index in [0.29, 0.717) is 35.1 Å². The van der Waals surface area contributed by atoms with Gasteiger partial charge >= 0.3 is 0 Å². The summed E-state index contributed by atoms with van der Waals surface area (Å²) in [5.74, 6) is 0.0604. The lowest BCUT2D eigenvalue weighted by Crippen LogP contribution is -2.46. The van der Waals surface area contributed by atoms with E-state index in [1.54, 1.807) is 16.7 Å². The Morgan fingerprint density at radius 1 is 1.24 bits per heavy atom. The molecule has 2 amide bonds. The van der Waals surface area contributed by atoms with Gasteiger partial charge in [-0.15, -0.1) is 0 Å². The highest BCUT2D eigenvalue weighted by molar-refractivity contribution is 6.30. The lowest BCUT2D eigenvalue weighted by atomic mass is 9.94. The molecule has 0 radical (unpaired) electrons. The summed E-state index contributed by atoms with van der Waals surface area (Å²) in [5.41, 5.74) is 8.97. The molecule has 7 nitrogen and oxygen atoms in total. The molecule has 1 aromatic carbocycles. The second kappa shape index (κ2) is 11.0. The van der Waals surface area contributed by atoms with Crippen molar-refractivity contribution in [2.45, 2.75) is 51.0 Å². The summed E-state index contributed by atoms with van der Waals surface area (Å²) in [4.78, 5) is 32.2. The van der Waals surface area contributed by atoms with Crippen molar-refractivity contribution in [3.63, 3.8) is 0 Å². The fraction of sp³-hybridized carbons (Fsp3) is 0.423. The molecule has 0 spiro atoms. The van der Waals surface area contributed by atoms with Crippen LogP contribution in [-0.2, 0) is 11.2 Å². The lowest BCUT2D eigenvalue weighted by Gasteiger charge is -2.30. The normalized spacial score (nSPS) is 17.0. The van der Waals surface area contributed by atoms with Crippen LogP contribution in [0, 0.1) is 0 Å². The molecule has 1 unspecified atom stereocenters. The number of amides is 2. The minimum Gasteiger partial charge on any atom is -0.350 e. The number of benzene rings is 1. The number of nitrogens with zero attached hydrogens (tertiary/aromatic N) is 3. The largest absolute Gasteiger partial charge is 0.350 e. The topological polar surface area (TPSA) is 92.7 Å². The smallest absolute Gasteiger partial charge is 0.268 e. The molecule has 0 aliphatic carbocycles. The summed E-state index contributed by atoms with van der Waals surface area (Å²) in [5, 5.41) is 3.79. The number of hydrogen-bond acceptors (Lipinski definition) is 4.